The van der Waals surface area contributed by atoms with Crippen molar-refractivity contribution >= 4 is 15.6 Å². The average molecular weight is 1220 g/mol. The number of rotatable bonds is 70. The van der Waals surface area contributed by atoms with E-state index in [1.54, 1.807) is 0 Å². The van der Waals surface area contributed by atoms with Crippen molar-refractivity contribution in [3.05, 3.63) is 0 Å². The van der Waals surface area contributed by atoms with E-state index in [4.69, 9.17) is 37.0 Å². The van der Waals surface area contributed by atoms with E-state index in [9.17, 15) is 24.0 Å². The van der Waals surface area contributed by atoms with Crippen molar-refractivity contribution in [2.75, 3.05) is 66.1 Å². The van der Waals surface area contributed by atoms with Gasteiger partial charge in [0.15, 0.2) is 0 Å². The number of hydrogen-bond donors (Lipinski definition) is 3. The van der Waals surface area contributed by atoms with Crippen LogP contribution in [0.25, 0.3) is 0 Å². The second-order valence-corrected chi connectivity index (χ2v) is 26.2. The minimum atomic E-state index is -4.91. The molecule has 0 aromatic heterocycles. The lowest BCUT2D eigenvalue weighted by atomic mass is 10.1. The molecule has 0 fully saturated rings. The molecule has 0 amide bonds. The van der Waals surface area contributed by atoms with E-state index in [0.29, 0.717) is 26.4 Å². The van der Waals surface area contributed by atoms with Crippen molar-refractivity contribution in [2.24, 2.45) is 0 Å². The molecular formula is C65H140N2O13P2. The number of aliphatic hydroxyl groups is 1. The first-order valence-electron chi connectivity index (χ1n) is 34.4. The third-order valence-corrected chi connectivity index (χ3v) is 17.1. The first-order chi connectivity index (χ1) is 39.1. The molecule has 0 aliphatic carbocycles. The highest BCUT2D eigenvalue weighted by atomic mass is 31.2. The normalized spacial score (nSPS) is 14.3. The molecule has 17 heteroatoms. The van der Waals surface area contributed by atoms with Crippen LogP contribution in [0.3, 0.4) is 0 Å². The second-order valence-electron chi connectivity index (χ2n) is 23.4. The maximum Gasteiger partial charge on any atom is 0.268 e. The minimum absolute atomic E-state index is 0. The fraction of sp³-hybridized carbons (Fsp3) is 1.00. The Morgan fingerprint density at radius 1 is 0.280 bits per heavy atom. The Bertz CT molecular complexity index is 1220. The molecule has 0 rings (SSSR count). The van der Waals surface area contributed by atoms with E-state index in [1.807, 2.05) is 0 Å². The average Bonchev–Trinajstić information content (AvgIpc) is 3.47. The van der Waals surface area contributed by atoms with Gasteiger partial charge in [-0.15, -0.1) is 0 Å². The molecule has 0 heterocycles. The lowest BCUT2D eigenvalue weighted by Crippen LogP contribution is -2.29. The van der Waals surface area contributed by atoms with Gasteiger partial charge >= 0.3 is 0 Å². The zero-order valence-electron chi connectivity index (χ0n) is 55.0. The molecule has 0 aromatic rings. The maximum atomic E-state index is 12.9. The Morgan fingerprint density at radius 3 is 0.683 bits per heavy atom. The van der Waals surface area contributed by atoms with Crippen LogP contribution in [-0.4, -0.2) is 89.5 Å². The van der Waals surface area contributed by atoms with Gasteiger partial charge in [-0.2, -0.15) is 0 Å². The molecule has 15 nitrogen and oxygen atoms in total. The highest BCUT2D eigenvalue weighted by Gasteiger charge is 2.21. The lowest BCUT2D eigenvalue weighted by Gasteiger charge is -2.28. The van der Waals surface area contributed by atoms with Crippen LogP contribution in [0.5, 0.6) is 0 Å². The van der Waals surface area contributed by atoms with Crippen molar-refractivity contribution in [1.29, 1.82) is 0 Å². The first kappa shape index (κ1) is 86.1. The number of hydrogen-bond acceptors (Lipinski definition) is 13. The lowest BCUT2D eigenvalue weighted by molar-refractivity contribution is -0.233. The Balaban J connectivity index is -0.0000312. The van der Waals surface area contributed by atoms with Gasteiger partial charge in [0.05, 0.1) is 39.6 Å². The summed E-state index contributed by atoms with van der Waals surface area (Å²) >= 11 is 0. The Morgan fingerprint density at radius 2 is 0.463 bits per heavy atom. The van der Waals surface area contributed by atoms with E-state index < -0.39 is 47.2 Å². The summed E-state index contributed by atoms with van der Waals surface area (Å²) in [7, 11) is -9.81. The standard InChI is InChI=1S/C65H134O13P2.2H3N/c1-5-9-13-17-21-25-29-33-37-41-45-49-53-71-59-64(73-55-51-47-43-39-35-31-27-23-19-15-11-7-3)61-77-79(67,68)75-57-63(66)58-76-80(69,70)78-62-65(74-56-52-48-44-40-36-32-28-24-20-16-12-8-4)60-72-54-50-46-42-38-34-30-26-22-18-14-10-6-2;;/h63-66H,5-62H2,1-4H3,(H,67,68)(H,69,70);2*1H3. The molecule has 4 atom stereocenters. The summed E-state index contributed by atoms with van der Waals surface area (Å²) in [5.74, 6) is 0. The zero-order chi connectivity index (χ0) is 58.4. The summed E-state index contributed by atoms with van der Waals surface area (Å²) in [6.45, 7) is 9.27. The molecule has 9 N–H and O–H groups in total. The van der Waals surface area contributed by atoms with Crippen molar-refractivity contribution in [3.8, 4) is 0 Å². The molecule has 0 saturated heterocycles. The van der Waals surface area contributed by atoms with Crippen LogP contribution in [0.4, 0.5) is 0 Å². The van der Waals surface area contributed by atoms with Crippen molar-refractivity contribution in [1.82, 2.24) is 12.3 Å². The van der Waals surface area contributed by atoms with E-state index in [-0.39, 0.29) is 38.7 Å². The molecule has 0 radical (unpaired) electrons. The summed E-state index contributed by atoms with van der Waals surface area (Å²) in [6, 6.07) is 0. The van der Waals surface area contributed by atoms with Crippen LogP contribution in [0.1, 0.15) is 336 Å². The fourth-order valence-corrected chi connectivity index (χ4v) is 11.6. The predicted octanol–water partition coefficient (Wildman–Crippen LogP) is 19.7. The molecule has 0 bridgehead atoms. The van der Waals surface area contributed by atoms with Gasteiger partial charge in [-0.05, 0) is 25.7 Å². The van der Waals surface area contributed by atoms with Gasteiger partial charge in [0, 0.05) is 26.4 Å². The van der Waals surface area contributed by atoms with Gasteiger partial charge in [0.1, 0.15) is 18.3 Å². The van der Waals surface area contributed by atoms with Crippen LogP contribution in [0.15, 0.2) is 0 Å². The number of aliphatic hydroxyl groups excluding tert-OH is 1. The van der Waals surface area contributed by atoms with Gasteiger partial charge in [-0.3, -0.25) is 9.13 Å². The zero-order valence-corrected chi connectivity index (χ0v) is 56.8. The number of unbranched alkanes of at least 4 members (excludes halogenated alkanes) is 44. The van der Waals surface area contributed by atoms with Gasteiger partial charge < -0.3 is 64.2 Å². The summed E-state index contributed by atoms with van der Waals surface area (Å²) in [5.41, 5.74) is 0. The van der Waals surface area contributed by atoms with Crippen molar-refractivity contribution in [2.45, 2.75) is 354 Å². The van der Waals surface area contributed by atoms with E-state index in [1.165, 1.54) is 244 Å². The Hall–Kier alpha value is -0.0600. The molecule has 0 saturated carbocycles. The van der Waals surface area contributed by atoms with Crippen LogP contribution in [0.2, 0.25) is 0 Å². The summed E-state index contributed by atoms with van der Waals surface area (Å²) in [4.78, 5) is 25.7. The molecule has 0 aliphatic heterocycles. The minimum Gasteiger partial charge on any atom is -0.756 e. The molecule has 4 unspecified atom stereocenters. The predicted molar refractivity (Wildman–Crippen MR) is 342 cm³/mol. The van der Waals surface area contributed by atoms with Gasteiger partial charge in [0.25, 0.3) is 15.6 Å². The molecule has 0 spiro atoms. The molecule has 498 valence electrons. The van der Waals surface area contributed by atoms with Crippen LogP contribution in [0, 0.1) is 0 Å². The third-order valence-electron chi connectivity index (χ3n) is 15.3. The summed E-state index contributed by atoms with van der Waals surface area (Å²) in [5, 5.41) is 10.5. The largest absolute Gasteiger partial charge is 0.756 e. The first-order valence-corrected chi connectivity index (χ1v) is 37.3. The van der Waals surface area contributed by atoms with E-state index in [0.717, 1.165) is 64.2 Å². The molecule has 0 aliphatic rings. The SMILES string of the molecule is CCCCCCCCCCCCCCOCC(COP(=O)([O-])OCC(O)COP(=O)([O-])OCC(COCCCCCCCCCCCCCC)OCCCCCCCCCCCCCC)OCCCCCCCCCCCCCC.[NH4+].[NH4+]. The topological polar surface area (TPSA) is 247 Å². The number of phosphoric ester groups is 2. The molecule has 0 aromatic carbocycles. The van der Waals surface area contributed by atoms with E-state index in [2.05, 4.69) is 27.7 Å². The smallest absolute Gasteiger partial charge is 0.268 e. The highest BCUT2D eigenvalue weighted by Crippen LogP contribution is 2.40. The molecule has 82 heavy (non-hydrogen) atoms. The Kier molecular flexibility index (Phi) is 71.9. The number of phosphoric acid groups is 2. The quantitative estimate of drug-likeness (QED) is 0.0379. The number of quaternary nitrogens is 2. The van der Waals surface area contributed by atoms with Gasteiger partial charge in [-0.25, -0.2) is 0 Å². The van der Waals surface area contributed by atoms with Crippen molar-refractivity contribution < 1.29 is 61.1 Å². The second kappa shape index (κ2) is 68.4. The highest BCUT2D eigenvalue weighted by molar-refractivity contribution is 7.46. The molecular weight excluding hydrogens is 1080 g/mol. The van der Waals surface area contributed by atoms with Gasteiger partial charge in [0.2, 0.25) is 0 Å². The fourth-order valence-electron chi connectivity index (χ4n) is 10.0. The van der Waals surface area contributed by atoms with E-state index >= 15 is 0 Å². The summed E-state index contributed by atoms with van der Waals surface area (Å²) in [6.07, 6.45) is 56.8. The maximum absolute atomic E-state index is 12.9. The van der Waals surface area contributed by atoms with Crippen LogP contribution >= 0.6 is 15.6 Å². The van der Waals surface area contributed by atoms with Crippen molar-refractivity contribution in [3.63, 3.8) is 0 Å². The van der Waals surface area contributed by atoms with Crippen LogP contribution in [-0.2, 0) is 46.2 Å². The Labute approximate surface area is 507 Å². The van der Waals surface area contributed by atoms with Gasteiger partial charge in [-0.1, -0.05) is 310 Å². The number of ether oxygens (including phenoxy) is 4. The third kappa shape index (κ3) is 67.4. The monoisotopic (exact) mass is 1220 g/mol. The summed E-state index contributed by atoms with van der Waals surface area (Å²) < 4.78 is 70.1. The van der Waals surface area contributed by atoms with Crippen LogP contribution < -0.4 is 22.1 Å².